The van der Waals surface area contributed by atoms with Crippen LogP contribution in [-0.4, -0.2) is 43.1 Å². The average molecular weight is 356 g/mol. The van der Waals surface area contributed by atoms with Crippen molar-refractivity contribution in [2.75, 3.05) is 26.2 Å². The van der Waals surface area contributed by atoms with E-state index in [4.69, 9.17) is 10.00 Å². The SMILES string of the molecule is CCOC(=O)C1=C(CN(CC)C(C)c2ccc(C#N)cc2)NC(=O)NC1. The van der Waals surface area contributed by atoms with E-state index in [1.807, 2.05) is 19.1 Å². The third-order valence-corrected chi connectivity index (χ3v) is 4.41. The second-order valence-corrected chi connectivity index (χ2v) is 5.96. The number of esters is 1. The minimum atomic E-state index is -0.419. The van der Waals surface area contributed by atoms with E-state index >= 15 is 0 Å². The van der Waals surface area contributed by atoms with E-state index in [1.54, 1.807) is 19.1 Å². The summed E-state index contributed by atoms with van der Waals surface area (Å²) in [4.78, 5) is 26.0. The third-order valence-electron chi connectivity index (χ3n) is 4.41. The first kappa shape index (κ1) is 19.5. The minimum Gasteiger partial charge on any atom is -0.463 e. The van der Waals surface area contributed by atoms with E-state index in [-0.39, 0.29) is 25.2 Å². The first-order chi connectivity index (χ1) is 12.5. The van der Waals surface area contributed by atoms with E-state index in [0.29, 0.717) is 23.4 Å². The lowest BCUT2D eigenvalue weighted by Crippen LogP contribution is -2.47. The average Bonchev–Trinajstić information content (AvgIpc) is 2.65. The van der Waals surface area contributed by atoms with Crippen molar-refractivity contribution in [2.24, 2.45) is 0 Å². The van der Waals surface area contributed by atoms with Gasteiger partial charge in [0.15, 0.2) is 0 Å². The molecule has 0 spiro atoms. The van der Waals surface area contributed by atoms with Gasteiger partial charge in [-0.1, -0.05) is 19.1 Å². The zero-order chi connectivity index (χ0) is 19.1. The van der Waals surface area contributed by atoms with Crippen molar-refractivity contribution in [1.82, 2.24) is 15.5 Å². The molecule has 1 aliphatic rings. The van der Waals surface area contributed by atoms with Crippen molar-refractivity contribution in [3.8, 4) is 6.07 Å². The van der Waals surface area contributed by atoms with Gasteiger partial charge < -0.3 is 15.4 Å². The summed E-state index contributed by atoms with van der Waals surface area (Å²) in [5.41, 5.74) is 2.68. The Bertz CT molecular complexity index is 734. The Labute approximate surface area is 153 Å². The minimum absolute atomic E-state index is 0.0514. The Hall–Kier alpha value is -2.85. The van der Waals surface area contributed by atoms with Gasteiger partial charge in [-0.15, -0.1) is 0 Å². The smallest absolute Gasteiger partial charge is 0.337 e. The molecule has 0 saturated heterocycles. The van der Waals surface area contributed by atoms with Crippen LogP contribution in [0.25, 0.3) is 0 Å². The molecule has 0 bridgehead atoms. The molecule has 1 atom stereocenters. The molecule has 0 aliphatic carbocycles. The van der Waals surface area contributed by atoms with Gasteiger partial charge in [0.1, 0.15) is 0 Å². The van der Waals surface area contributed by atoms with Crippen LogP contribution in [0.3, 0.4) is 0 Å². The Kier molecular flexibility index (Phi) is 6.75. The number of urea groups is 1. The second-order valence-electron chi connectivity index (χ2n) is 5.96. The maximum absolute atomic E-state index is 12.2. The third kappa shape index (κ3) is 4.61. The van der Waals surface area contributed by atoms with Crippen molar-refractivity contribution in [2.45, 2.75) is 26.8 Å². The molecule has 2 N–H and O–H groups in total. The number of hydrogen-bond donors (Lipinski definition) is 2. The molecule has 26 heavy (non-hydrogen) atoms. The van der Waals surface area contributed by atoms with E-state index in [9.17, 15) is 9.59 Å². The van der Waals surface area contributed by atoms with E-state index in [2.05, 4.69) is 28.5 Å². The van der Waals surface area contributed by atoms with E-state index < -0.39 is 5.97 Å². The summed E-state index contributed by atoms with van der Waals surface area (Å²) in [6, 6.07) is 9.26. The number of likely N-dealkylation sites (N-methyl/N-ethyl adjacent to an activating group) is 1. The predicted octanol–water partition coefficient (Wildman–Crippen LogP) is 2.07. The maximum Gasteiger partial charge on any atom is 0.337 e. The molecule has 7 nitrogen and oxygen atoms in total. The van der Waals surface area contributed by atoms with Crippen LogP contribution in [0, 0.1) is 11.3 Å². The number of hydrogen-bond acceptors (Lipinski definition) is 5. The first-order valence-electron chi connectivity index (χ1n) is 8.68. The fourth-order valence-corrected chi connectivity index (χ4v) is 2.85. The molecule has 1 aliphatic heterocycles. The van der Waals surface area contributed by atoms with E-state index in [0.717, 1.165) is 12.1 Å². The number of carbonyl (C=O) groups is 2. The van der Waals surface area contributed by atoms with E-state index in [1.165, 1.54) is 0 Å². The summed E-state index contributed by atoms with van der Waals surface area (Å²) in [6.45, 7) is 7.40. The van der Waals surface area contributed by atoms with Crippen molar-refractivity contribution >= 4 is 12.0 Å². The number of ether oxygens (including phenoxy) is 1. The van der Waals surface area contributed by atoms with Crippen LogP contribution in [0.5, 0.6) is 0 Å². The molecule has 2 rings (SSSR count). The van der Waals surface area contributed by atoms with Crippen LogP contribution in [0.2, 0.25) is 0 Å². The van der Waals surface area contributed by atoms with Crippen LogP contribution in [0.4, 0.5) is 4.79 Å². The fourth-order valence-electron chi connectivity index (χ4n) is 2.85. The summed E-state index contributed by atoms with van der Waals surface area (Å²) in [5.74, 6) is -0.419. The van der Waals surface area contributed by atoms with Crippen LogP contribution in [0.15, 0.2) is 35.5 Å². The highest BCUT2D eigenvalue weighted by molar-refractivity contribution is 5.93. The molecule has 1 heterocycles. The second kappa shape index (κ2) is 9.02. The molecule has 7 heteroatoms. The van der Waals surface area contributed by atoms with Crippen LogP contribution in [0.1, 0.15) is 37.9 Å². The van der Waals surface area contributed by atoms with Gasteiger partial charge in [0.2, 0.25) is 0 Å². The molecule has 138 valence electrons. The lowest BCUT2D eigenvalue weighted by Gasteiger charge is -2.31. The highest BCUT2D eigenvalue weighted by Crippen LogP contribution is 2.22. The van der Waals surface area contributed by atoms with Crippen LogP contribution < -0.4 is 10.6 Å². The van der Waals surface area contributed by atoms with Crippen LogP contribution >= 0.6 is 0 Å². The summed E-state index contributed by atoms with van der Waals surface area (Å²) in [7, 11) is 0. The molecule has 1 aromatic rings. The largest absolute Gasteiger partial charge is 0.463 e. The molecule has 1 aromatic carbocycles. The Morgan fingerprint density at radius 2 is 2.04 bits per heavy atom. The predicted molar refractivity (Wildman–Crippen MR) is 97.0 cm³/mol. The van der Waals surface area contributed by atoms with Gasteiger partial charge in [0, 0.05) is 18.3 Å². The molecular weight excluding hydrogens is 332 g/mol. The highest BCUT2D eigenvalue weighted by atomic mass is 16.5. The number of amides is 2. The van der Waals surface area contributed by atoms with Gasteiger partial charge in [-0.3, -0.25) is 4.90 Å². The first-order valence-corrected chi connectivity index (χ1v) is 8.68. The highest BCUT2D eigenvalue weighted by Gasteiger charge is 2.26. The monoisotopic (exact) mass is 356 g/mol. The van der Waals surface area contributed by atoms with Gasteiger partial charge >= 0.3 is 12.0 Å². The maximum atomic E-state index is 12.2. The van der Waals surface area contributed by atoms with Crippen LogP contribution in [-0.2, 0) is 9.53 Å². The van der Waals surface area contributed by atoms with Gasteiger partial charge in [-0.05, 0) is 38.1 Å². The lowest BCUT2D eigenvalue weighted by atomic mass is 10.0. The Morgan fingerprint density at radius 3 is 2.62 bits per heavy atom. The Balaban J connectivity index is 2.23. The number of nitrogens with one attached hydrogen (secondary N) is 2. The molecule has 0 fully saturated rings. The van der Waals surface area contributed by atoms with Crippen molar-refractivity contribution in [1.29, 1.82) is 5.26 Å². The van der Waals surface area contributed by atoms with Crippen molar-refractivity contribution < 1.29 is 14.3 Å². The van der Waals surface area contributed by atoms with Gasteiger partial charge in [0.05, 0.1) is 30.4 Å². The molecule has 2 amide bonds. The van der Waals surface area contributed by atoms with Gasteiger partial charge in [-0.2, -0.15) is 5.26 Å². The molecule has 0 aromatic heterocycles. The number of nitrogens with zero attached hydrogens (tertiary/aromatic N) is 2. The number of carbonyl (C=O) groups excluding carboxylic acids is 2. The fraction of sp³-hybridized carbons (Fsp3) is 0.421. The lowest BCUT2D eigenvalue weighted by molar-refractivity contribution is -0.138. The zero-order valence-corrected chi connectivity index (χ0v) is 15.3. The normalized spacial score (nSPS) is 15.1. The van der Waals surface area contributed by atoms with Crippen molar-refractivity contribution in [3.05, 3.63) is 46.7 Å². The molecular formula is C19H24N4O3. The standard InChI is InChI=1S/C19H24N4O3/c1-4-23(13(3)15-8-6-14(10-20)7-9-15)12-17-16(18(24)26-5-2)11-21-19(25)22-17/h6-9,13H,4-5,11-12H2,1-3H3,(H2,21,22,25). The van der Waals surface area contributed by atoms with Gasteiger partial charge in [-0.25, -0.2) is 9.59 Å². The van der Waals surface area contributed by atoms with Gasteiger partial charge in [0.25, 0.3) is 0 Å². The number of nitriles is 1. The molecule has 0 saturated carbocycles. The zero-order valence-electron chi connectivity index (χ0n) is 15.3. The summed E-state index contributed by atoms with van der Waals surface area (Å²) in [6.07, 6.45) is 0. The number of rotatable bonds is 7. The summed E-state index contributed by atoms with van der Waals surface area (Å²) in [5, 5.41) is 14.3. The Morgan fingerprint density at radius 1 is 1.35 bits per heavy atom. The molecule has 1 unspecified atom stereocenters. The quantitative estimate of drug-likeness (QED) is 0.730. The summed E-state index contributed by atoms with van der Waals surface area (Å²) < 4.78 is 5.10. The topological polar surface area (TPSA) is 94.5 Å². The van der Waals surface area contributed by atoms with Crippen molar-refractivity contribution in [3.63, 3.8) is 0 Å². The number of benzene rings is 1. The summed E-state index contributed by atoms with van der Waals surface area (Å²) >= 11 is 0. The molecule has 0 radical (unpaired) electrons.